The Labute approximate surface area is 122 Å². The Kier molecular flexibility index (Phi) is 4.39. The second kappa shape index (κ2) is 5.82. The lowest BCUT2D eigenvalue weighted by molar-refractivity contribution is 0.630. The first kappa shape index (κ1) is 12.8. The molecule has 0 aliphatic rings. The zero-order chi connectivity index (χ0) is 12.3. The molecule has 88 valence electrons. The Bertz CT molecular complexity index is 513. The van der Waals surface area contributed by atoms with Gasteiger partial charge in [0.15, 0.2) is 0 Å². The minimum absolute atomic E-state index is 0.237. The molecule has 4 heteroatoms. The van der Waals surface area contributed by atoms with Gasteiger partial charge in [-0.1, -0.05) is 28.1 Å². The van der Waals surface area contributed by atoms with Crippen molar-refractivity contribution in [2.24, 2.45) is 0 Å². The van der Waals surface area contributed by atoms with E-state index in [0.717, 1.165) is 10.0 Å². The second-order valence-electron chi connectivity index (χ2n) is 3.60. The monoisotopic (exact) mass is 405 g/mol. The summed E-state index contributed by atoms with van der Waals surface area (Å²) in [5.74, 6) is -0.237. The maximum Gasteiger partial charge on any atom is 0.146 e. The van der Waals surface area contributed by atoms with E-state index in [2.05, 4.69) is 43.8 Å². The van der Waals surface area contributed by atoms with Crippen LogP contribution in [0.1, 0.15) is 5.56 Å². The first-order chi connectivity index (χ1) is 8.15. The Morgan fingerprint density at radius 3 is 2.53 bits per heavy atom. The van der Waals surface area contributed by atoms with Gasteiger partial charge in [-0.3, -0.25) is 0 Å². The summed E-state index contributed by atoms with van der Waals surface area (Å²) < 4.78 is 15.5. The number of rotatable bonds is 3. The quantitative estimate of drug-likeness (QED) is 0.723. The summed E-state index contributed by atoms with van der Waals surface area (Å²) >= 11 is 5.58. The van der Waals surface area contributed by atoms with E-state index in [1.165, 1.54) is 9.64 Å². The molecule has 0 aromatic heterocycles. The fraction of sp³-hybridized carbons (Fsp3) is 0.0769. The predicted octanol–water partition coefficient (Wildman–Crippen LogP) is 4.80. The van der Waals surface area contributed by atoms with Crippen LogP contribution in [0.4, 0.5) is 10.1 Å². The highest BCUT2D eigenvalue weighted by Crippen LogP contribution is 2.20. The lowest BCUT2D eigenvalue weighted by atomic mass is 10.2. The number of anilines is 1. The summed E-state index contributed by atoms with van der Waals surface area (Å²) in [4.78, 5) is 0. The fourth-order valence-electron chi connectivity index (χ4n) is 1.43. The van der Waals surface area contributed by atoms with Gasteiger partial charge in [-0.25, -0.2) is 4.39 Å². The van der Waals surface area contributed by atoms with E-state index in [1.807, 2.05) is 24.3 Å². The van der Waals surface area contributed by atoms with E-state index < -0.39 is 0 Å². The fourth-order valence-corrected chi connectivity index (χ4v) is 2.15. The maximum absolute atomic E-state index is 13.5. The van der Waals surface area contributed by atoms with Gasteiger partial charge in [0.25, 0.3) is 0 Å². The summed E-state index contributed by atoms with van der Waals surface area (Å²) in [6, 6.07) is 13.0. The van der Waals surface area contributed by atoms with Crippen molar-refractivity contribution < 1.29 is 4.39 Å². The molecule has 2 aromatic rings. The molecule has 2 rings (SSSR count). The minimum atomic E-state index is -0.237. The zero-order valence-electron chi connectivity index (χ0n) is 8.88. The number of nitrogens with one attached hydrogen (secondary N) is 1. The van der Waals surface area contributed by atoms with Crippen LogP contribution < -0.4 is 5.32 Å². The van der Waals surface area contributed by atoms with E-state index >= 15 is 0 Å². The largest absolute Gasteiger partial charge is 0.379 e. The van der Waals surface area contributed by atoms with Gasteiger partial charge in [0.05, 0.1) is 5.69 Å². The molecular weight excluding hydrogens is 396 g/mol. The highest BCUT2D eigenvalue weighted by atomic mass is 127. The van der Waals surface area contributed by atoms with Crippen molar-refractivity contribution in [2.45, 2.75) is 6.54 Å². The lowest BCUT2D eigenvalue weighted by Gasteiger charge is -2.08. The lowest BCUT2D eigenvalue weighted by Crippen LogP contribution is -2.01. The molecule has 0 radical (unpaired) electrons. The SMILES string of the molecule is Fc1ccc(Br)cc1NCc1ccc(I)cc1. The van der Waals surface area contributed by atoms with Crippen molar-refractivity contribution in [2.75, 3.05) is 5.32 Å². The smallest absolute Gasteiger partial charge is 0.146 e. The summed E-state index contributed by atoms with van der Waals surface area (Å²) in [6.45, 7) is 0.615. The average molecular weight is 406 g/mol. The molecule has 17 heavy (non-hydrogen) atoms. The van der Waals surface area contributed by atoms with E-state index in [4.69, 9.17) is 0 Å². The molecule has 0 saturated carbocycles. The Balaban J connectivity index is 2.07. The van der Waals surface area contributed by atoms with Crippen LogP contribution in [0.5, 0.6) is 0 Å². The summed E-state index contributed by atoms with van der Waals surface area (Å²) in [5, 5.41) is 3.08. The summed E-state index contributed by atoms with van der Waals surface area (Å²) in [7, 11) is 0. The van der Waals surface area contributed by atoms with Gasteiger partial charge in [-0.15, -0.1) is 0 Å². The van der Waals surface area contributed by atoms with Crippen LogP contribution >= 0.6 is 38.5 Å². The first-order valence-corrected chi connectivity index (χ1v) is 6.96. The van der Waals surface area contributed by atoms with E-state index in [-0.39, 0.29) is 5.82 Å². The van der Waals surface area contributed by atoms with E-state index in [9.17, 15) is 4.39 Å². The van der Waals surface area contributed by atoms with Crippen molar-refractivity contribution in [1.29, 1.82) is 0 Å². The Morgan fingerprint density at radius 1 is 1.12 bits per heavy atom. The van der Waals surface area contributed by atoms with Gasteiger partial charge in [0.2, 0.25) is 0 Å². The third-order valence-electron chi connectivity index (χ3n) is 2.32. The molecule has 0 aliphatic carbocycles. The van der Waals surface area contributed by atoms with E-state index in [1.54, 1.807) is 12.1 Å². The van der Waals surface area contributed by atoms with Crippen LogP contribution in [-0.4, -0.2) is 0 Å². The van der Waals surface area contributed by atoms with E-state index in [0.29, 0.717) is 12.2 Å². The molecule has 0 bridgehead atoms. The standard InChI is InChI=1S/C13H10BrFIN/c14-10-3-6-12(15)13(7-10)17-8-9-1-4-11(16)5-2-9/h1-7,17H,8H2. The van der Waals surface area contributed by atoms with Crippen LogP contribution in [0.3, 0.4) is 0 Å². The molecule has 2 aromatic carbocycles. The molecule has 0 saturated heterocycles. The van der Waals surface area contributed by atoms with Gasteiger partial charge in [0, 0.05) is 14.6 Å². The van der Waals surface area contributed by atoms with Crippen molar-refractivity contribution >= 4 is 44.2 Å². The Hall–Kier alpha value is -0.620. The number of benzene rings is 2. The maximum atomic E-state index is 13.5. The van der Waals surface area contributed by atoms with Crippen LogP contribution in [0.2, 0.25) is 0 Å². The van der Waals surface area contributed by atoms with Crippen molar-refractivity contribution in [1.82, 2.24) is 0 Å². The van der Waals surface area contributed by atoms with Crippen LogP contribution in [0.25, 0.3) is 0 Å². The van der Waals surface area contributed by atoms with Crippen molar-refractivity contribution in [3.63, 3.8) is 0 Å². The molecule has 0 unspecified atom stereocenters. The molecule has 0 amide bonds. The highest BCUT2D eigenvalue weighted by molar-refractivity contribution is 14.1. The van der Waals surface area contributed by atoms with Crippen molar-refractivity contribution in [3.8, 4) is 0 Å². The molecule has 0 aliphatic heterocycles. The molecule has 1 N–H and O–H groups in total. The summed E-state index contributed by atoms with van der Waals surface area (Å²) in [6.07, 6.45) is 0. The highest BCUT2D eigenvalue weighted by Gasteiger charge is 2.02. The molecule has 1 nitrogen and oxygen atoms in total. The third-order valence-corrected chi connectivity index (χ3v) is 3.54. The number of halogens is 3. The van der Waals surface area contributed by atoms with Crippen LogP contribution in [0, 0.1) is 9.39 Å². The molecule has 0 spiro atoms. The predicted molar refractivity (Wildman–Crippen MR) is 80.6 cm³/mol. The van der Waals surface area contributed by atoms with Gasteiger partial charge < -0.3 is 5.32 Å². The van der Waals surface area contributed by atoms with Gasteiger partial charge >= 0.3 is 0 Å². The minimum Gasteiger partial charge on any atom is -0.379 e. The van der Waals surface area contributed by atoms with Crippen LogP contribution in [-0.2, 0) is 6.54 Å². The van der Waals surface area contributed by atoms with Gasteiger partial charge in [-0.2, -0.15) is 0 Å². The zero-order valence-corrected chi connectivity index (χ0v) is 12.6. The second-order valence-corrected chi connectivity index (χ2v) is 5.77. The van der Waals surface area contributed by atoms with Crippen LogP contribution in [0.15, 0.2) is 46.9 Å². The molecule has 0 fully saturated rings. The average Bonchev–Trinajstić information content (AvgIpc) is 2.32. The molecule has 0 atom stereocenters. The summed E-state index contributed by atoms with van der Waals surface area (Å²) in [5.41, 5.74) is 1.64. The van der Waals surface area contributed by atoms with Gasteiger partial charge in [0.1, 0.15) is 5.82 Å². The molecular formula is C13H10BrFIN. The number of hydrogen-bond acceptors (Lipinski definition) is 1. The normalized spacial score (nSPS) is 10.3. The number of hydrogen-bond donors (Lipinski definition) is 1. The Morgan fingerprint density at radius 2 is 1.82 bits per heavy atom. The third kappa shape index (κ3) is 3.67. The molecule has 0 heterocycles. The topological polar surface area (TPSA) is 12.0 Å². The van der Waals surface area contributed by atoms with Crippen molar-refractivity contribution in [3.05, 3.63) is 61.9 Å². The van der Waals surface area contributed by atoms with Gasteiger partial charge in [-0.05, 0) is 58.5 Å². The first-order valence-electron chi connectivity index (χ1n) is 5.08.